The average Bonchev–Trinajstić information content (AvgIpc) is 3.35. The van der Waals surface area contributed by atoms with Gasteiger partial charge in [-0.2, -0.15) is 0 Å². The summed E-state index contributed by atoms with van der Waals surface area (Å²) in [5, 5.41) is 0.839. The lowest BCUT2D eigenvalue weighted by Gasteiger charge is -2.37. The highest BCUT2D eigenvalue weighted by atomic mass is 32.2. The normalized spacial score (nSPS) is 15.5. The molecule has 2 aliphatic heterocycles. The Bertz CT molecular complexity index is 1170. The molecule has 1 aromatic heterocycles. The Labute approximate surface area is 197 Å². The second-order valence-corrected chi connectivity index (χ2v) is 9.26. The summed E-state index contributed by atoms with van der Waals surface area (Å²) in [4.78, 5) is 23.1. The van der Waals surface area contributed by atoms with Gasteiger partial charge in [-0.15, -0.1) is 0 Å². The molecule has 3 aromatic rings. The number of ether oxygens (including phenoxy) is 2. The monoisotopic (exact) mass is 464 g/mol. The summed E-state index contributed by atoms with van der Waals surface area (Å²) in [6.45, 7) is 4.13. The molecule has 0 radical (unpaired) electrons. The molecular weight excluding hydrogens is 436 g/mol. The highest BCUT2D eigenvalue weighted by Gasteiger charge is 2.26. The van der Waals surface area contributed by atoms with E-state index in [1.807, 2.05) is 41.0 Å². The molecule has 0 N–H and O–H groups in total. The first-order valence-electron chi connectivity index (χ1n) is 11.2. The molecule has 1 saturated heterocycles. The molecule has 1 fully saturated rings. The van der Waals surface area contributed by atoms with Crippen molar-refractivity contribution < 1.29 is 9.47 Å². The second-order valence-electron chi connectivity index (χ2n) is 8.20. The number of thioether (sulfide) groups is 1. The molecule has 0 saturated carbocycles. The Kier molecular flexibility index (Phi) is 6.17. The molecule has 0 bridgehead atoms. The van der Waals surface area contributed by atoms with Crippen molar-refractivity contribution in [3.05, 3.63) is 70.0 Å². The highest BCUT2D eigenvalue weighted by Crippen LogP contribution is 2.29. The van der Waals surface area contributed by atoms with Gasteiger partial charge in [0, 0.05) is 50.6 Å². The highest BCUT2D eigenvalue weighted by molar-refractivity contribution is 7.99. The summed E-state index contributed by atoms with van der Waals surface area (Å²) in [5.41, 5.74) is 3.14. The molecule has 2 aromatic carbocycles. The maximum Gasteiger partial charge on any atom is 0.259 e. The Morgan fingerprint density at radius 3 is 2.09 bits per heavy atom. The minimum absolute atomic E-state index is 0.0911. The van der Waals surface area contributed by atoms with Gasteiger partial charge in [0.05, 0.1) is 19.8 Å². The summed E-state index contributed by atoms with van der Waals surface area (Å²) >= 11 is 1.67. The van der Waals surface area contributed by atoms with E-state index in [1.165, 1.54) is 5.69 Å². The second kappa shape index (κ2) is 9.39. The molecule has 7 nitrogen and oxygen atoms in total. The molecule has 172 valence electrons. The molecule has 8 heteroatoms. The van der Waals surface area contributed by atoms with Crippen molar-refractivity contribution in [2.24, 2.45) is 0 Å². The van der Waals surface area contributed by atoms with E-state index in [9.17, 15) is 4.79 Å². The number of methoxy groups -OCH3 is 2. The first-order chi connectivity index (χ1) is 16.2. The van der Waals surface area contributed by atoms with Gasteiger partial charge in [0.25, 0.3) is 5.56 Å². The van der Waals surface area contributed by atoms with E-state index in [0.29, 0.717) is 6.42 Å². The lowest BCUT2D eigenvalue weighted by molar-refractivity contribution is 0.414. The fraction of sp³-hybridized carbons (Fsp3) is 0.360. The number of benzene rings is 2. The van der Waals surface area contributed by atoms with Gasteiger partial charge in [-0.3, -0.25) is 9.36 Å². The Balaban J connectivity index is 1.40. The zero-order valence-corrected chi connectivity index (χ0v) is 19.8. The molecule has 33 heavy (non-hydrogen) atoms. The standard InChI is InChI=1S/C25H28N4O3S/c1-31-20-7-3-18(4-8-20)17-22-23(26-25-29(24(22)30)15-16-33-25)28-13-11-27(12-14-28)19-5-9-21(32-2)10-6-19/h3-10H,11-17H2,1-2H3. The van der Waals surface area contributed by atoms with Gasteiger partial charge in [0.15, 0.2) is 5.16 Å². The van der Waals surface area contributed by atoms with E-state index in [-0.39, 0.29) is 5.56 Å². The van der Waals surface area contributed by atoms with Gasteiger partial charge in [-0.05, 0) is 42.0 Å². The number of hydrogen-bond acceptors (Lipinski definition) is 7. The summed E-state index contributed by atoms with van der Waals surface area (Å²) < 4.78 is 12.4. The number of hydrogen-bond donors (Lipinski definition) is 0. The van der Waals surface area contributed by atoms with E-state index in [1.54, 1.807) is 26.0 Å². The molecule has 0 amide bonds. The summed E-state index contributed by atoms with van der Waals surface area (Å²) in [7, 11) is 3.34. The van der Waals surface area contributed by atoms with Crippen LogP contribution in [0.1, 0.15) is 11.1 Å². The van der Waals surface area contributed by atoms with Crippen molar-refractivity contribution in [3.8, 4) is 11.5 Å². The van der Waals surface area contributed by atoms with E-state index in [4.69, 9.17) is 14.5 Å². The van der Waals surface area contributed by atoms with Crippen LogP contribution in [-0.2, 0) is 13.0 Å². The zero-order chi connectivity index (χ0) is 22.8. The van der Waals surface area contributed by atoms with E-state index >= 15 is 0 Å². The summed E-state index contributed by atoms with van der Waals surface area (Å²) in [6, 6.07) is 16.1. The maximum atomic E-state index is 13.4. The van der Waals surface area contributed by atoms with Gasteiger partial charge < -0.3 is 19.3 Å². The van der Waals surface area contributed by atoms with E-state index in [0.717, 1.165) is 72.1 Å². The minimum atomic E-state index is 0.0911. The third-order valence-corrected chi connectivity index (χ3v) is 7.27. The summed E-state index contributed by atoms with van der Waals surface area (Å²) in [6.07, 6.45) is 0.564. The number of aromatic nitrogens is 2. The third kappa shape index (κ3) is 4.39. The third-order valence-electron chi connectivity index (χ3n) is 6.31. The van der Waals surface area contributed by atoms with Crippen LogP contribution in [0.4, 0.5) is 11.5 Å². The topological polar surface area (TPSA) is 59.8 Å². The Hall–Kier alpha value is -3.13. The number of nitrogens with zero attached hydrogens (tertiary/aromatic N) is 4. The summed E-state index contributed by atoms with van der Waals surface area (Å²) in [5.74, 6) is 3.42. The SMILES string of the molecule is COc1ccc(Cc2c(N3CCN(c4ccc(OC)cc4)CC3)nc3n(c2=O)CCS3)cc1. The van der Waals surface area contributed by atoms with Crippen LogP contribution >= 0.6 is 11.8 Å². The number of rotatable bonds is 6. The van der Waals surface area contributed by atoms with E-state index < -0.39 is 0 Å². The first-order valence-corrected chi connectivity index (χ1v) is 12.2. The molecule has 0 unspecified atom stereocenters. The van der Waals surface area contributed by atoms with Gasteiger partial charge in [-0.1, -0.05) is 23.9 Å². The lowest BCUT2D eigenvalue weighted by atomic mass is 10.1. The zero-order valence-electron chi connectivity index (χ0n) is 19.0. The van der Waals surface area contributed by atoms with Crippen LogP contribution in [0.3, 0.4) is 0 Å². The number of anilines is 2. The van der Waals surface area contributed by atoms with Gasteiger partial charge in [0.2, 0.25) is 0 Å². The maximum absolute atomic E-state index is 13.4. The molecular formula is C25H28N4O3S. The van der Waals surface area contributed by atoms with Gasteiger partial charge in [-0.25, -0.2) is 4.98 Å². The van der Waals surface area contributed by atoms with Crippen LogP contribution in [0.15, 0.2) is 58.5 Å². The molecule has 0 aliphatic carbocycles. The molecule has 0 spiro atoms. The van der Waals surface area contributed by atoms with E-state index in [2.05, 4.69) is 21.9 Å². The van der Waals surface area contributed by atoms with Crippen LogP contribution in [0.5, 0.6) is 11.5 Å². The van der Waals surface area contributed by atoms with Crippen molar-refractivity contribution in [2.45, 2.75) is 18.1 Å². The van der Waals surface area contributed by atoms with Gasteiger partial charge >= 0.3 is 0 Å². The number of piperazine rings is 1. The fourth-order valence-electron chi connectivity index (χ4n) is 4.43. The quantitative estimate of drug-likeness (QED) is 0.519. The average molecular weight is 465 g/mol. The van der Waals surface area contributed by atoms with Crippen LogP contribution in [0.2, 0.25) is 0 Å². The van der Waals surface area contributed by atoms with Crippen molar-refractivity contribution in [1.82, 2.24) is 9.55 Å². The smallest absolute Gasteiger partial charge is 0.259 e. The van der Waals surface area contributed by atoms with Crippen molar-refractivity contribution >= 4 is 23.3 Å². The van der Waals surface area contributed by atoms with Crippen LogP contribution in [0, 0.1) is 0 Å². The van der Waals surface area contributed by atoms with Crippen molar-refractivity contribution in [2.75, 3.05) is 56.0 Å². The first kappa shape index (κ1) is 21.7. The lowest BCUT2D eigenvalue weighted by Crippen LogP contribution is -2.48. The van der Waals surface area contributed by atoms with Crippen molar-refractivity contribution in [1.29, 1.82) is 0 Å². The van der Waals surface area contributed by atoms with Gasteiger partial charge in [0.1, 0.15) is 17.3 Å². The predicted octanol–water partition coefficient (Wildman–Crippen LogP) is 3.28. The predicted molar refractivity (Wildman–Crippen MR) is 132 cm³/mol. The Morgan fingerprint density at radius 1 is 0.848 bits per heavy atom. The number of fused-ring (bicyclic) bond motifs is 1. The van der Waals surface area contributed by atoms with Crippen LogP contribution in [-0.4, -0.2) is 55.7 Å². The molecule has 5 rings (SSSR count). The Morgan fingerprint density at radius 2 is 1.45 bits per heavy atom. The molecule has 0 atom stereocenters. The molecule has 3 heterocycles. The van der Waals surface area contributed by atoms with Crippen LogP contribution in [0.25, 0.3) is 0 Å². The minimum Gasteiger partial charge on any atom is -0.497 e. The van der Waals surface area contributed by atoms with Crippen LogP contribution < -0.4 is 24.8 Å². The van der Waals surface area contributed by atoms with Crippen molar-refractivity contribution in [3.63, 3.8) is 0 Å². The molecule has 2 aliphatic rings. The largest absolute Gasteiger partial charge is 0.497 e. The fourth-order valence-corrected chi connectivity index (χ4v) is 5.37.